The zero-order valence-electron chi connectivity index (χ0n) is 14.0. The van der Waals surface area contributed by atoms with Gasteiger partial charge in [-0.3, -0.25) is 0 Å². The van der Waals surface area contributed by atoms with Gasteiger partial charge in [-0.2, -0.15) is 0 Å². The SMILES string of the molecule is COc1ccc(CNC(C)CCN(C)C)c(OC)c1OC. The van der Waals surface area contributed by atoms with E-state index < -0.39 is 0 Å². The lowest BCUT2D eigenvalue weighted by Crippen LogP contribution is -2.29. The second-order valence-corrected chi connectivity index (χ2v) is 5.37. The minimum absolute atomic E-state index is 0.435. The quantitative estimate of drug-likeness (QED) is 0.756. The molecule has 1 aromatic carbocycles. The summed E-state index contributed by atoms with van der Waals surface area (Å²) in [7, 11) is 9.07. The summed E-state index contributed by atoms with van der Waals surface area (Å²) in [6.45, 7) is 3.99. The van der Waals surface area contributed by atoms with Crippen LogP contribution in [0.25, 0.3) is 0 Å². The molecule has 0 radical (unpaired) electrons. The van der Waals surface area contributed by atoms with Crippen LogP contribution < -0.4 is 19.5 Å². The number of ether oxygens (including phenoxy) is 3. The molecule has 1 aromatic rings. The molecule has 21 heavy (non-hydrogen) atoms. The topological polar surface area (TPSA) is 43.0 Å². The van der Waals surface area contributed by atoms with Crippen LogP contribution in [0.3, 0.4) is 0 Å². The molecule has 0 saturated heterocycles. The average Bonchev–Trinajstić information content (AvgIpc) is 2.49. The summed E-state index contributed by atoms with van der Waals surface area (Å²) >= 11 is 0. The van der Waals surface area contributed by atoms with E-state index in [1.807, 2.05) is 12.1 Å². The molecular formula is C16H28N2O3. The van der Waals surface area contributed by atoms with Gasteiger partial charge in [0.05, 0.1) is 21.3 Å². The van der Waals surface area contributed by atoms with E-state index in [-0.39, 0.29) is 0 Å². The highest BCUT2D eigenvalue weighted by Crippen LogP contribution is 2.39. The zero-order chi connectivity index (χ0) is 15.8. The van der Waals surface area contributed by atoms with Crippen molar-refractivity contribution < 1.29 is 14.2 Å². The Morgan fingerprint density at radius 3 is 2.24 bits per heavy atom. The molecule has 0 spiro atoms. The second kappa shape index (κ2) is 8.74. The van der Waals surface area contributed by atoms with E-state index in [2.05, 4.69) is 31.2 Å². The molecule has 0 saturated carbocycles. The molecule has 5 nitrogen and oxygen atoms in total. The van der Waals surface area contributed by atoms with Crippen molar-refractivity contribution in [2.75, 3.05) is 42.0 Å². The molecule has 0 aromatic heterocycles. The van der Waals surface area contributed by atoms with Crippen LogP contribution in [0.5, 0.6) is 17.2 Å². The molecule has 0 bridgehead atoms. The van der Waals surface area contributed by atoms with Crippen molar-refractivity contribution >= 4 is 0 Å². The van der Waals surface area contributed by atoms with Gasteiger partial charge < -0.3 is 24.4 Å². The van der Waals surface area contributed by atoms with Crippen LogP contribution in [0, 0.1) is 0 Å². The van der Waals surface area contributed by atoms with Crippen LogP contribution in [0.2, 0.25) is 0 Å². The molecule has 0 aliphatic carbocycles. The van der Waals surface area contributed by atoms with Gasteiger partial charge in [-0.05, 0) is 40.1 Å². The van der Waals surface area contributed by atoms with Gasteiger partial charge in [0.2, 0.25) is 5.75 Å². The van der Waals surface area contributed by atoms with Crippen LogP contribution >= 0.6 is 0 Å². The van der Waals surface area contributed by atoms with Gasteiger partial charge in [0.25, 0.3) is 0 Å². The van der Waals surface area contributed by atoms with E-state index >= 15 is 0 Å². The highest BCUT2D eigenvalue weighted by molar-refractivity contribution is 5.55. The highest BCUT2D eigenvalue weighted by Gasteiger charge is 2.16. The molecule has 0 heterocycles. The van der Waals surface area contributed by atoms with Crippen LogP contribution in [0.1, 0.15) is 18.9 Å². The zero-order valence-corrected chi connectivity index (χ0v) is 14.0. The first-order valence-electron chi connectivity index (χ1n) is 7.19. The fourth-order valence-electron chi connectivity index (χ4n) is 2.14. The van der Waals surface area contributed by atoms with Crippen molar-refractivity contribution in [1.29, 1.82) is 0 Å². The molecule has 1 rings (SSSR count). The van der Waals surface area contributed by atoms with Gasteiger partial charge >= 0.3 is 0 Å². The Balaban J connectivity index is 2.75. The molecule has 1 N–H and O–H groups in total. The van der Waals surface area contributed by atoms with Gasteiger partial charge in [-0.15, -0.1) is 0 Å². The Morgan fingerprint density at radius 1 is 1.05 bits per heavy atom. The molecule has 0 aliphatic rings. The fraction of sp³-hybridized carbons (Fsp3) is 0.625. The first kappa shape index (κ1) is 17.6. The molecule has 5 heteroatoms. The fourth-order valence-corrected chi connectivity index (χ4v) is 2.14. The highest BCUT2D eigenvalue weighted by atomic mass is 16.5. The van der Waals surface area contributed by atoms with E-state index in [4.69, 9.17) is 14.2 Å². The summed E-state index contributed by atoms with van der Waals surface area (Å²) in [6, 6.07) is 4.35. The first-order valence-corrected chi connectivity index (χ1v) is 7.19. The third-order valence-corrected chi connectivity index (χ3v) is 3.44. The minimum atomic E-state index is 0.435. The van der Waals surface area contributed by atoms with E-state index in [1.54, 1.807) is 21.3 Å². The van der Waals surface area contributed by atoms with Crippen LogP contribution in [-0.4, -0.2) is 52.9 Å². The van der Waals surface area contributed by atoms with Crippen LogP contribution in [0.15, 0.2) is 12.1 Å². The first-order chi connectivity index (χ1) is 10.0. The third kappa shape index (κ3) is 5.10. The van der Waals surface area contributed by atoms with Crippen molar-refractivity contribution in [2.45, 2.75) is 25.9 Å². The normalized spacial score (nSPS) is 12.3. The lowest BCUT2D eigenvalue weighted by Gasteiger charge is -2.19. The number of benzene rings is 1. The van der Waals surface area contributed by atoms with Gasteiger partial charge in [0, 0.05) is 18.2 Å². The predicted octanol–water partition coefficient (Wildman–Crippen LogP) is 2.14. The van der Waals surface area contributed by atoms with E-state index in [1.165, 1.54) is 0 Å². The lowest BCUT2D eigenvalue weighted by molar-refractivity contribution is 0.320. The minimum Gasteiger partial charge on any atom is -0.493 e. The molecular weight excluding hydrogens is 268 g/mol. The largest absolute Gasteiger partial charge is 0.493 e. The maximum Gasteiger partial charge on any atom is 0.203 e. The van der Waals surface area contributed by atoms with Crippen molar-refractivity contribution in [2.24, 2.45) is 0 Å². The number of hydrogen-bond donors (Lipinski definition) is 1. The Bertz CT molecular complexity index is 436. The van der Waals surface area contributed by atoms with Crippen molar-refractivity contribution in [1.82, 2.24) is 10.2 Å². The van der Waals surface area contributed by atoms with Crippen LogP contribution in [0.4, 0.5) is 0 Å². The predicted molar refractivity (Wildman–Crippen MR) is 85.6 cm³/mol. The van der Waals surface area contributed by atoms with E-state index in [9.17, 15) is 0 Å². The number of methoxy groups -OCH3 is 3. The summed E-state index contributed by atoms with van der Waals surface area (Å²) in [6.07, 6.45) is 1.10. The van der Waals surface area contributed by atoms with Crippen molar-refractivity contribution in [3.8, 4) is 17.2 Å². The van der Waals surface area contributed by atoms with Gasteiger partial charge in [0.1, 0.15) is 0 Å². The van der Waals surface area contributed by atoms with E-state index in [0.29, 0.717) is 17.5 Å². The number of rotatable bonds is 9. The Labute approximate surface area is 128 Å². The van der Waals surface area contributed by atoms with E-state index in [0.717, 1.165) is 30.8 Å². The summed E-state index contributed by atoms with van der Waals surface area (Å²) in [5.74, 6) is 2.04. The number of nitrogens with one attached hydrogen (secondary N) is 1. The van der Waals surface area contributed by atoms with Crippen molar-refractivity contribution in [3.63, 3.8) is 0 Å². The average molecular weight is 296 g/mol. The maximum absolute atomic E-state index is 5.49. The molecule has 120 valence electrons. The Hall–Kier alpha value is -1.46. The van der Waals surface area contributed by atoms with Gasteiger partial charge in [-0.1, -0.05) is 6.07 Å². The standard InChI is InChI=1S/C16H28N2O3/c1-12(9-10-18(2)3)17-11-13-7-8-14(19-4)16(21-6)15(13)20-5/h7-8,12,17H,9-11H2,1-6H3. The molecule has 0 aliphatic heterocycles. The van der Waals surface area contributed by atoms with Gasteiger partial charge in [0.15, 0.2) is 11.5 Å². The maximum atomic E-state index is 5.49. The molecule has 1 atom stereocenters. The van der Waals surface area contributed by atoms with Gasteiger partial charge in [-0.25, -0.2) is 0 Å². The van der Waals surface area contributed by atoms with Crippen molar-refractivity contribution in [3.05, 3.63) is 17.7 Å². The smallest absolute Gasteiger partial charge is 0.203 e. The summed E-state index contributed by atoms with van der Waals surface area (Å²) in [5.41, 5.74) is 1.06. The number of nitrogens with zero attached hydrogens (tertiary/aromatic N) is 1. The lowest BCUT2D eigenvalue weighted by atomic mass is 10.1. The second-order valence-electron chi connectivity index (χ2n) is 5.37. The molecule has 0 fully saturated rings. The summed E-state index contributed by atoms with van der Waals surface area (Å²) < 4.78 is 16.2. The molecule has 1 unspecified atom stereocenters. The van der Waals surface area contributed by atoms with Crippen LogP contribution in [-0.2, 0) is 6.54 Å². The number of hydrogen-bond acceptors (Lipinski definition) is 5. The molecule has 0 amide bonds. The third-order valence-electron chi connectivity index (χ3n) is 3.44. The Kier molecular flexibility index (Phi) is 7.32. The summed E-state index contributed by atoms with van der Waals surface area (Å²) in [4.78, 5) is 2.19. The summed E-state index contributed by atoms with van der Waals surface area (Å²) in [5, 5.41) is 3.51. The Morgan fingerprint density at radius 2 is 1.71 bits per heavy atom. The monoisotopic (exact) mass is 296 g/mol.